The molecule has 2 N–H and O–H groups in total. The zero-order valence-electron chi connectivity index (χ0n) is 20.5. The molecule has 3 fully saturated rings. The molecule has 4 amide bonds. The number of rotatable bonds is 4. The van der Waals surface area contributed by atoms with Crippen LogP contribution in [0.4, 0.5) is 9.59 Å². The van der Waals surface area contributed by atoms with Gasteiger partial charge in [0.25, 0.3) is 0 Å². The molecule has 196 valence electrons. The number of hydrogen-bond acceptors (Lipinski definition) is 7. The summed E-state index contributed by atoms with van der Waals surface area (Å²) in [4.78, 5) is 56.1. The van der Waals surface area contributed by atoms with Crippen molar-refractivity contribution in [1.29, 1.82) is 0 Å². The van der Waals surface area contributed by atoms with E-state index in [2.05, 4.69) is 12.1 Å². The average Bonchev–Trinajstić information content (AvgIpc) is 3.47. The van der Waals surface area contributed by atoms with Gasteiger partial charge in [0, 0.05) is 32.6 Å². The molecule has 0 spiro atoms. The first-order valence-corrected chi connectivity index (χ1v) is 12.5. The van der Waals surface area contributed by atoms with Crippen molar-refractivity contribution in [2.45, 2.75) is 50.2 Å². The lowest BCUT2D eigenvalue weighted by Gasteiger charge is -2.44. The summed E-state index contributed by atoms with van der Waals surface area (Å²) >= 11 is 0. The Hall–Kier alpha value is -3.34. The van der Waals surface area contributed by atoms with Gasteiger partial charge in [0.1, 0.15) is 12.1 Å². The molecule has 3 heterocycles. The summed E-state index contributed by atoms with van der Waals surface area (Å²) in [5, 5.41) is 9.41. The Kier molecular flexibility index (Phi) is 8.29. The van der Waals surface area contributed by atoms with Gasteiger partial charge in [-0.15, -0.1) is 0 Å². The third-order valence-electron chi connectivity index (χ3n) is 7.45. The SMILES string of the molecule is COC(=O)N1CC(OC(=O)N2CCCC2)C[C@H](C(=O)NO)[C@H]1C(=O)N1CCC(c2ccccc2)CC1. The van der Waals surface area contributed by atoms with Crippen LogP contribution in [-0.4, -0.2) is 95.9 Å². The number of likely N-dealkylation sites (tertiary alicyclic amines) is 3. The van der Waals surface area contributed by atoms with Crippen LogP contribution in [-0.2, 0) is 19.1 Å². The van der Waals surface area contributed by atoms with E-state index < -0.39 is 36.2 Å². The number of nitrogens with zero attached hydrogens (tertiary/aromatic N) is 3. The minimum atomic E-state index is -1.18. The van der Waals surface area contributed by atoms with Gasteiger partial charge in [-0.1, -0.05) is 30.3 Å². The van der Waals surface area contributed by atoms with Crippen molar-refractivity contribution in [3.05, 3.63) is 35.9 Å². The molecule has 0 bridgehead atoms. The van der Waals surface area contributed by atoms with E-state index in [1.165, 1.54) is 12.7 Å². The van der Waals surface area contributed by atoms with E-state index in [1.54, 1.807) is 15.3 Å². The number of amides is 4. The quantitative estimate of drug-likeness (QED) is 0.476. The fourth-order valence-electron chi connectivity index (χ4n) is 5.53. The van der Waals surface area contributed by atoms with Gasteiger partial charge >= 0.3 is 12.2 Å². The van der Waals surface area contributed by atoms with Gasteiger partial charge in [-0.3, -0.25) is 19.7 Å². The van der Waals surface area contributed by atoms with E-state index >= 15 is 0 Å². The molecule has 11 heteroatoms. The van der Waals surface area contributed by atoms with Crippen LogP contribution in [0, 0.1) is 5.92 Å². The first kappa shape index (κ1) is 25.7. The number of carbonyl (C=O) groups excluding carboxylic acids is 4. The summed E-state index contributed by atoms with van der Waals surface area (Å²) < 4.78 is 10.5. The number of hydroxylamine groups is 1. The molecule has 36 heavy (non-hydrogen) atoms. The Bertz CT molecular complexity index is 919. The first-order chi connectivity index (χ1) is 17.4. The molecule has 0 aliphatic carbocycles. The van der Waals surface area contributed by atoms with Crippen molar-refractivity contribution in [3.63, 3.8) is 0 Å². The molecule has 3 atom stereocenters. The van der Waals surface area contributed by atoms with Gasteiger partial charge < -0.3 is 19.3 Å². The van der Waals surface area contributed by atoms with Gasteiger partial charge in [-0.05, 0) is 37.2 Å². The molecule has 0 radical (unpaired) electrons. The second-order valence-electron chi connectivity index (χ2n) is 9.60. The average molecular weight is 503 g/mol. The Morgan fingerprint density at radius 3 is 2.22 bits per heavy atom. The zero-order valence-corrected chi connectivity index (χ0v) is 20.5. The first-order valence-electron chi connectivity index (χ1n) is 12.5. The molecule has 3 aliphatic heterocycles. The molecule has 3 aliphatic rings. The van der Waals surface area contributed by atoms with Crippen LogP contribution in [0.1, 0.15) is 43.6 Å². The third kappa shape index (κ3) is 5.56. The van der Waals surface area contributed by atoms with Gasteiger partial charge in [0.05, 0.1) is 19.6 Å². The molecular weight excluding hydrogens is 468 g/mol. The van der Waals surface area contributed by atoms with E-state index in [4.69, 9.17) is 9.47 Å². The fourth-order valence-corrected chi connectivity index (χ4v) is 5.53. The molecule has 3 saturated heterocycles. The van der Waals surface area contributed by atoms with Crippen LogP contribution in [0.2, 0.25) is 0 Å². The van der Waals surface area contributed by atoms with E-state index in [0.717, 1.165) is 30.6 Å². The number of nitrogens with one attached hydrogen (secondary N) is 1. The van der Waals surface area contributed by atoms with Crippen LogP contribution in [0.25, 0.3) is 0 Å². The fraction of sp³-hybridized carbons (Fsp3) is 0.600. The van der Waals surface area contributed by atoms with Crippen molar-refractivity contribution in [3.8, 4) is 0 Å². The lowest BCUT2D eigenvalue weighted by molar-refractivity contribution is -0.152. The number of ether oxygens (including phenoxy) is 2. The molecular formula is C25H34N4O7. The van der Waals surface area contributed by atoms with Crippen molar-refractivity contribution in [2.75, 3.05) is 39.8 Å². The van der Waals surface area contributed by atoms with Crippen LogP contribution in [0.15, 0.2) is 30.3 Å². The van der Waals surface area contributed by atoms with Crippen molar-refractivity contribution < 1.29 is 33.9 Å². The van der Waals surface area contributed by atoms with E-state index in [9.17, 15) is 24.4 Å². The van der Waals surface area contributed by atoms with E-state index in [1.807, 2.05) is 18.2 Å². The Morgan fingerprint density at radius 1 is 0.944 bits per heavy atom. The second-order valence-corrected chi connectivity index (χ2v) is 9.60. The summed E-state index contributed by atoms with van der Waals surface area (Å²) in [7, 11) is 1.19. The summed E-state index contributed by atoms with van der Waals surface area (Å²) in [6.07, 6.45) is 1.15. The zero-order chi connectivity index (χ0) is 25.7. The lowest BCUT2D eigenvalue weighted by atomic mass is 9.84. The van der Waals surface area contributed by atoms with E-state index in [0.29, 0.717) is 32.1 Å². The van der Waals surface area contributed by atoms with Crippen LogP contribution < -0.4 is 5.48 Å². The maximum absolute atomic E-state index is 13.7. The highest BCUT2D eigenvalue weighted by atomic mass is 16.6. The number of carbonyl (C=O) groups is 4. The monoisotopic (exact) mass is 502 g/mol. The largest absolute Gasteiger partial charge is 0.453 e. The predicted molar refractivity (Wildman–Crippen MR) is 127 cm³/mol. The van der Waals surface area contributed by atoms with Gasteiger partial charge in [-0.2, -0.15) is 0 Å². The van der Waals surface area contributed by atoms with Gasteiger partial charge in [0.15, 0.2) is 0 Å². The van der Waals surface area contributed by atoms with Crippen molar-refractivity contribution in [1.82, 2.24) is 20.2 Å². The standard InChI is InChI=1S/C25H34N4O7/c1-35-25(33)29-16-19(36-24(32)28-11-5-6-12-28)15-20(22(30)26-34)21(29)23(31)27-13-9-18(10-14-27)17-7-3-2-4-8-17/h2-4,7-8,18-21,34H,5-6,9-16H2,1H3,(H,26,30)/t19?,20-,21-/m0/s1. The van der Waals surface area contributed by atoms with Crippen molar-refractivity contribution in [2.24, 2.45) is 5.92 Å². The van der Waals surface area contributed by atoms with Crippen LogP contribution >= 0.6 is 0 Å². The summed E-state index contributed by atoms with van der Waals surface area (Å²) in [5.41, 5.74) is 2.84. The molecule has 1 aromatic rings. The summed E-state index contributed by atoms with van der Waals surface area (Å²) in [6.45, 7) is 2.05. The lowest BCUT2D eigenvalue weighted by Crippen LogP contribution is -2.63. The Labute approximate surface area is 210 Å². The predicted octanol–water partition coefficient (Wildman–Crippen LogP) is 1.96. The highest BCUT2D eigenvalue weighted by Crippen LogP contribution is 2.32. The molecule has 0 aromatic heterocycles. The topological polar surface area (TPSA) is 129 Å². The molecule has 4 rings (SSSR count). The molecule has 0 saturated carbocycles. The van der Waals surface area contributed by atoms with Crippen molar-refractivity contribution >= 4 is 24.0 Å². The number of methoxy groups -OCH3 is 1. The van der Waals surface area contributed by atoms with Gasteiger partial charge in [0.2, 0.25) is 11.8 Å². The highest BCUT2D eigenvalue weighted by Gasteiger charge is 2.49. The van der Waals surface area contributed by atoms with E-state index in [-0.39, 0.29) is 18.9 Å². The van der Waals surface area contributed by atoms with Crippen LogP contribution in [0.5, 0.6) is 0 Å². The third-order valence-corrected chi connectivity index (χ3v) is 7.45. The maximum atomic E-state index is 13.7. The number of piperidine rings is 2. The summed E-state index contributed by atoms with van der Waals surface area (Å²) in [6, 6.07) is 8.93. The minimum absolute atomic E-state index is 0.00362. The normalized spacial score (nSPS) is 24.8. The smallest absolute Gasteiger partial charge is 0.410 e. The molecule has 11 nitrogen and oxygen atoms in total. The molecule has 1 aromatic carbocycles. The highest BCUT2D eigenvalue weighted by molar-refractivity contribution is 5.92. The summed E-state index contributed by atoms with van der Waals surface area (Å²) in [5.74, 6) is -1.99. The van der Waals surface area contributed by atoms with Crippen LogP contribution in [0.3, 0.4) is 0 Å². The maximum Gasteiger partial charge on any atom is 0.410 e. The molecule has 1 unspecified atom stereocenters. The number of hydrogen-bond donors (Lipinski definition) is 2. The number of benzene rings is 1. The Balaban J connectivity index is 1.50. The second kappa shape index (κ2) is 11.6. The minimum Gasteiger partial charge on any atom is -0.453 e. The van der Waals surface area contributed by atoms with Gasteiger partial charge in [-0.25, -0.2) is 15.1 Å². The Morgan fingerprint density at radius 2 is 1.61 bits per heavy atom.